The monoisotopic (exact) mass is 370 g/mol. The Morgan fingerprint density at radius 2 is 1.85 bits per heavy atom. The second-order valence-corrected chi connectivity index (χ2v) is 8.50. The third-order valence-corrected chi connectivity index (χ3v) is 5.28. The quantitative estimate of drug-likeness (QED) is 0.810. The van der Waals surface area contributed by atoms with Gasteiger partial charge >= 0.3 is 0 Å². The van der Waals surface area contributed by atoms with Crippen LogP contribution in [-0.4, -0.2) is 46.2 Å². The zero-order valence-electron chi connectivity index (χ0n) is 16.4. The summed E-state index contributed by atoms with van der Waals surface area (Å²) in [4.78, 5) is 13.4. The second-order valence-electron chi connectivity index (χ2n) is 8.50. The van der Waals surface area contributed by atoms with Crippen LogP contribution in [0.15, 0.2) is 8.94 Å². The highest BCUT2D eigenvalue weighted by atomic mass is 16.5. The molecule has 3 heterocycles. The Hall–Kier alpha value is -2.40. The molecule has 8 nitrogen and oxygen atoms in total. The van der Waals surface area contributed by atoms with Gasteiger partial charge in [-0.05, 0) is 19.8 Å². The molecule has 0 amide bonds. The first-order valence-electron chi connectivity index (χ1n) is 9.60. The molecule has 0 N–H and O–H groups in total. The maximum atomic E-state index is 9.38. The van der Waals surface area contributed by atoms with E-state index in [9.17, 15) is 5.26 Å². The molecule has 1 atom stereocenters. The van der Waals surface area contributed by atoms with Crippen LogP contribution in [0.1, 0.15) is 75.8 Å². The lowest BCUT2D eigenvalue weighted by Crippen LogP contribution is -2.47. The maximum absolute atomic E-state index is 9.38. The van der Waals surface area contributed by atoms with Gasteiger partial charge in [-0.1, -0.05) is 25.9 Å². The Morgan fingerprint density at radius 3 is 2.41 bits per heavy atom. The molecule has 2 aliphatic rings. The number of oxazole rings is 1. The first-order chi connectivity index (χ1) is 12.9. The van der Waals surface area contributed by atoms with Gasteiger partial charge in [0.15, 0.2) is 5.82 Å². The molecule has 8 heteroatoms. The molecule has 1 saturated carbocycles. The highest BCUT2D eigenvalue weighted by Gasteiger charge is 2.33. The van der Waals surface area contributed by atoms with E-state index in [0.717, 1.165) is 50.7 Å². The van der Waals surface area contributed by atoms with E-state index in [2.05, 4.69) is 58.7 Å². The third-order valence-electron chi connectivity index (χ3n) is 5.28. The minimum Gasteiger partial charge on any atom is -0.423 e. The van der Waals surface area contributed by atoms with Gasteiger partial charge in [0.05, 0.1) is 6.04 Å². The Bertz CT molecular complexity index is 846. The lowest BCUT2D eigenvalue weighted by atomic mass is 9.96. The number of nitrogens with zero attached hydrogens (tertiary/aromatic N) is 6. The van der Waals surface area contributed by atoms with Gasteiger partial charge in [-0.3, -0.25) is 4.90 Å². The van der Waals surface area contributed by atoms with Crippen LogP contribution in [0.2, 0.25) is 0 Å². The smallest absolute Gasteiger partial charge is 0.243 e. The highest BCUT2D eigenvalue weighted by molar-refractivity contribution is 5.48. The van der Waals surface area contributed by atoms with Crippen molar-refractivity contribution in [3.63, 3.8) is 0 Å². The maximum Gasteiger partial charge on any atom is 0.243 e. The summed E-state index contributed by atoms with van der Waals surface area (Å²) in [5.41, 5.74) is 0.282. The second kappa shape index (κ2) is 6.64. The topological polar surface area (TPSA) is 95.2 Å². The standard InChI is InChI=1S/C19H26N6O2/c1-12(15-22-18(23-27-15)19(2,3)4)24-7-9-25(10-8-24)17-14(11-20)21-16(26-17)13-5-6-13/h12-13H,5-10H2,1-4H3/t12-/m0/s1. The zero-order valence-corrected chi connectivity index (χ0v) is 16.4. The molecule has 0 bridgehead atoms. The van der Waals surface area contributed by atoms with Crippen molar-refractivity contribution in [3.8, 4) is 6.07 Å². The van der Waals surface area contributed by atoms with Crippen molar-refractivity contribution in [3.05, 3.63) is 23.3 Å². The van der Waals surface area contributed by atoms with E-state index in [-0.39, 0.29) is 11.5 Å². The molecule has 0 radical (unpaired) electrons. The van der Waals surface area contributed by atoms with E-state index in [4.69, 9.17) is 8.94 Å². The molecule has 2 aromatic heterocycles. The van der Waals surface area contributed by atoms with Crippen LogP contribution in [-0.2, 0) is 5.41 Å². The summed E-state index contributed by atoms with van der Waals surface area (Å²) >= 11 is 0. The van der Waals surface area contributed by atoms with Crippen LogP contribution in [0.25, 0.3) is 0 Å². The predicted molar refractivity (Wildman–Crippen MR) is 98.4 cm³/mol. The first kappa shape index (κ1) is 18.0. The number of piperazine rings is 1. The zero-order chi connectivity index (χ0) is 19.2. The van der Waals surface area contributed by atoms with Gasteiger partial charge in [0.1, 0.15) is 6.07 Å². The fourth-order valence-corrected chi connectivity index (χ4v) is 3.30. The van der Waals surface area contributed by atoms with Crippen LogP contribution in [0.5, 0.6) is 0 Å². The SMILES string of the molecule is C[C@@H](c1nc(C(C)(C)C)no1)N1CCN(c2oc(C3CC3)nc2C#N)CC1. The van der Waals surface area contributed by atoms with E-state index < -0.39 is 0 Å². The average Bonchev–Trinajstić information content (AvgIpc) is 3.21. The first-order valence-corrected chi connectivity index (χ1v) is 9.60. The van der Waals surface area contributed by atoms with Crippen molar-refractivity contribution in [2.24, 2.45) is 0 Å². The number of hydrogen-bond donors (Lipinski definition) is 0. The van der Waals surface area contributed by atoms with E-state index in [1.54, 1.807) is 0 Å². The Kier molecular flexibility index (Phi) is 4.42. The molecule has 0 spiro atoms. The Balaban J connectivity index is 1.41. The Labute approximate surface area is 159 Å². The van der Waals surface area contributed by atoms with Crippen molar-refractivity contribution in [2.75, 3.05) is 31.1 Å². The molecule has 0 aromatic carbocycles. The highest BCUT2D eigenvalue weighted by Crippen LogP contribution is 2.41. The van der Waals surface area contributed by atoms with Crippen molar-refractivity contribution < 1.29 is 8.94 Å². The Morgan fingerprint density at radius 1 is 1.15 bits per heavy atom. The molecule has 27 heavy (non-hydrogen) atoms. The molecule has 1 aliphatic carbocycles. The van der Waals surface area contributed by atoms with E-state index >= 15 is 0 Å². The van der Waals surface area contributed by atoms with E-state index in [1.165, 1.54) is 0 Å². The summed E-state index contributed by atoms with van der Waals surface area (Å²) in [5, 5.41) is 13.5. The average molecular weight is 370 g/mol. The minimum atomic E-state index is -0.126. The summed E-state index contributed by atoms with van der Waals surface area (Å²) < 4.78 is 11.4. The summed E-state index contributed by atoms with van der Waals surface area (Å²) in [6, 6.07) is 2.24. The van der Waals surface area contributed by atoms with Crippen LogP contribution in [0, 0.1) is 11.3 Å². The lowest BCUT2D eigenvalue weighted by molar-refractivity contribution is 0.162. The number of hydrogen-bond acceptors (Lipinski definition) is 8. The normalized spacial score (nSPS) is 19.9. The van der Waals surface area contributed by atoms with E-state index in [1.807, 2.05) is 0 Å². The number of nitriles is 1. The summed E-state index contributed by atoms with van der Waals surface area (Å²) in [6.45, 7) is 11.5. The molecular weight excluding hydrogens is 344 g/mol. The van der Waals surface area contributed by atoms with Gasteiger partial charge in [-0.2, -0.15) is 10.2 Å². The van der Waals surface area contributed by atoms with Crippen LogP contribution < -0.4 is 4.90 Å². The van der Waals surface area contributed by atoms with Crippen molar-refractivity contribution >= 4 is 5.88 Å². The fourth-order valence-electron chi connectivity index (χ4n) is 3.30. The number of anilines is 1. The summed E-state index contributed by atoms with van der Waals surface area (Å²) in [5.74, 6) is 3.14. The van der Waals surface area contributed by atoms with Gasteiger partial charge in [0, 0.05) is 37.5 Å². The lowest BCUT2D eigenvalue weighted by Gasteiger charge is -2.36. The molecule has 144 valence electrons. The van der Waals surface area contributed by atoms with Crippen molar-refractivity contribution in [2.45, 2.75) is 57.9 Å². The van der Waals surface area contributed by atoms with Gasteiger partial charge in [0.25, 0.3) is 0 Å². The van der Waals surface area contributed by atoms with Crippen LogP contribution in [0.3, 0.4) is 0 Å². The largest absolute Gasteiger partial charge is 0.423 e. The molecule has 1 saturated heterocycles. The molecule has 1 aliphatic heterocycles. The summed E-state index contributed by atoms with van der Waals surface area (Å²) in [7, 11) is 0. The van der Waals surface area contributed by atoms with Crippen molar-refractivity contribution in [1.29, 1.82) is 5.26 Å². The van der Waals surface area contributed by atoms with Gasteiger partial charge in [0.2, 0.25) is 23.4 Å². The molecule has 2 aromatic rings. The predicted octanol–water partition coefficient (Wildman–Crippen LogP) is 2.99. The van der Waals surface area contributed by atoms with Gasteiger partial charge in [-0.25, -0.2) is 4.98 Å². The number of aromatic nitrogens is 3. The molecular formula is C19H26N6O2. The van der Waals surface area contributed by atoms with E-state index in [0.29, 0.717) is 23.4 Å². The fraction of sp³-hybridized carbons (Fsp3) is 0.684. The summed E-state index contributed by atoms with van der Waals surface area (Å²) in [6.07, 6.45) is 2.22. The third kappa shape index (κ3) is 3.56. The number of rotatable bonds is 4. The van der Waals surface area contributed by atoms with Crippen LogP contribution in [0.4, 0.5) is 5.88 Å². The van der Waals surface area contributed by atoms with Crippen molar-refractivity contribution in [1.82, 2.24) is 20.0 Å². The molecule has 0 unspecified atom stereocenters. The van der Waals surface area contributed by atoms with Crippen LogP contribution >= 0.6 is 0 Å². The molecule has 2 fully saturated rings. The molecule has 4 rings (SSSR count). The van der Waals surface area contributed by atoms with Gasteiger partial charge in [-0.15, -0.1) is 0 Å². The van der Waals surface area contributed by atoms with Gasteiger partial charge < -0.3 is 13.8 Å². The minimum absolute atomic E-state index is 0.0583.